The van der Waals surface area contributed by atoms with Crippen molar-refractivity contribution >= 4 is 22.6 Å². The van der Waals surface area contributed by atoms with Crippen LogP contribution in [0.2, 0.25) is 0 Å². The van der Waals surface area contributed by atoms with Crippen LogP contribution in [0.5, 0.6) is 11.5 Å². The topological polar surface area (TPSA) is 18.5 Å². The lowest BCUT2D eigenvalue weighted by atomic mass is 10.0. The molecule has 0 amide bonds. The molecule has 1 aliphatic rings. The number of halogens is 1. The van der Waals surface area contributed by atoms with E-state index in [2.05, 4.69) is 48.6 Å². The van der Waals surface area contributed by atoms with Crippen molar-refractivity contribution in [2.75, 3.05) is 6.79 Å². The smallest absolute Gasteiger partial charge is 0.231 e. The van der Waals surface area contributed by atoms with Gasteiger partial charge >= 0.3 is 0 Å². The maximum Gasteiger partial charge on any atom is 0.231 e. The summed E-state index contributed by atoms with van der Waals surface area (Å²) in [6.45, 7) is 4.69. The molecule has 0 fully saturated rings. The number of ether oxygens (including phenoxy) is 2. The molecule has 0 atom stereocenters. The Balaban J connectivity index is 2.42. The standard InChI is InChI=1S/C10H11IO2/c1-10(2,11)7-3-4-8-9(5-7)13-6-12-8/h3-5H,6H2,1-2H3. The summed E-state index contributed by atoms with van der Waals surface area (Å²) >= 11 is 2.41. The number of benzene rings is 1. The van der Waals surface area contributed by atoms with E-state index < -0.39 is 0 Å². The molecule has 1 aromatic rings. The zero-order chi connectivity index (χ0) is 9.47. The van der Waals surface area contributed by atoms with Gasteiger partial charge in [-0.3, -0.25) is 0 Å². The van der Waals surface area contributed by atoms with Crippen molar-refractivity contribution in [3.8, 4) is 11.5 Å². The minimum Gasteiger partial charge on any atom is -0.454 e. The molecule has 1 aliphatic heterocycles. The van der Waals surface area contributed by atoms with Crippen molar-refractivity contribution in [3.63, 3.8) is 0 Å². The largest absolute Gasteiger partial charge is 0.454 e. The third-order valence-electron chi connectivity index (χ3n) is 2.06. The molecule has 70 valence electrons. The molecule has 0 saturated heterocycles. The van der Waals surface area contributed by atoms with E-state index >= 15 is 0 Å². The van der Waals surface area contributed by atoms with Crippen LogP contribution < -0.4 is 9.47 Å². The molecule has 0 N–H and O–H groups in total. The minimum absolute atomic E-state index is 0.138. The van der Waals surface area contributed by atoms with Crippen LogP contribution in [0.15, 0.2) is 18.2 Å². The zero-order valence-electron chi connectivity index (χ0n) is 7.63. The first-order valence-corrected chi connectivity index (χ1v) is 5.24. The molecular formula is C10H11IO2. The van der Waals surface area contributed by atoms with Crippen molar-refractivity contribution < 1.29 is 9.47 Å². The highest BCUT2D eigenvalue weighted by Crippen LogP contribution is 2.38. The first-order chi connectivity index (χ1) is 6.07. The van der Waals surface area contributed by atoms with E-state index in [9.17, 15) is 0 Å². The van der Waals surface area contributed by atoms with E-state index in [0.29, 0.717) is 6.79 Å². The predicted octanol–water partition coefficient (Wildman–Crippen LogP) is 3.09. The molecule has 0 radical (unpaired) electrons. The van der Waals surface area contributed by atoms with Gasteiger partial charge in [-0.2, -0.15) is 0 Å². The van der Waals surface area contributed by atoms with Crippen LogP contribution in [0.1, 0.15) is 19.4 Å². The van der Waals surface area contributed by atoms with Crippen LogP contribution in [0, 0.1) is 0 Å². The molecule has 2 rings (SSSR count). The van der Waals surface area contributed by atoms with Crippen molar-refractivity contribution in [1.82, 2.24) is 0 Å². The van der Waals surface area contributed by atoms with Gasteiger partial charge in [-0.25, -0.2) is 0 Å². The average Bonchev–Trinajstić information content (AvgIpc) is 2.47. The number of fused-ring (bicyclic) bond motifs is 1. The molecule has 13 heavy (non-hydrogen) atoms. The molecule has 0 unspecified atom stereocenters. The van der Waals surface area contributed by atoms with Gasteiger partial charge in [0.2, 0.25) is 6.79 Å². The molecule has 0 spiro atoms. The predicted molar refractivity (Wildman–Crippen MR) is 59.6 cm³/mol. The van der Waals surface area contributed by atoms with Gasteiger partial charge in [0.1, 0.15) is 0 Å². The Morgan fingerprint density at radius 3 is 2.62 bits per heavy atom. The fourth-order valence-electron chi connectivity index (χ4n) is 1.27. The van der Waals surface area contributed by atoms with E-state index in [0.717, 1.165) is 11.5 Å². The number of hydrogen-bond donors (Lipinski definition) is 0. The summed E-state index contributed by atoms with van der Waals surface area (Å²) in [6.07, 6.45) is 0. The SMILES string of the molecule is CC(C)(I)c1ccc2c(c1)OCO2. The average molecular weight is 290 g/mol. The van der Waals surface area contributed by atoms with Crippen LogP contribution in [0.25, 0.3) is 0 Å². The van der Waals surface area contributed by atoms with Crippen LogP contribution in [0.4, 0.5) is 0 Å². The third-order valence-corrected chi connectivity index (χ3v) is 2.68. The summed E-state index contributed by atoms with van der Waals surface area (Å²) < 4.78 is 10.7. The second kappa shape index (κ2) is 3.04. The summed E-state index contributed by atoms with van der Waals surface area (Å²) in [5.41, 5.74) is 1.26. The van der Waals surface area contributed by atoms with Crippen LogP contribution in [-0.2, 0) is 3.42 Å². The van der Waals surface area contributed by atoms with E-state index in [1.54, 1.807) is 0 Å². The third kappa shape index (κ3) is 1.75. The first kappa shape index (κ1) is 9.12. The lowest BCUT2D eigenvalue weighted by molar-refractivity contribution is 0.174. The first-order valence-electron chi connectivity index (χ1n) is 4.16. The van der Waals surface area contributed by atoms with Crippen molar-refractivity contribution in [1.29, 1.82) is 0 Å². The fourth-order valence-corrected chi connectivity index (χ4v) is 1.60. The fraction of sp³-hybridized carbons (Fsp3) is 0.400. The molecular weight excluding hydrogens is 279 g/mol. The van der Waals surface area contributed by atoms with Crippen molar-refractivity contribution in [2.45, 2.75) is 17.3 Å². The van der Waals surface area contributed by atoms with Crippen LogP contribution >= 0.6 is 22.6 Å². The summed E-state index contributed by atoms with van der Waals surface area (Å²) in [7, 11) is 0. The highest BCUT2D eigenvalue weighted by molar-refractivity contribution is 14.1. The van der Waals surface area contributed by atoms with Gasteiger partial charge in [0.25, 0.3) is 0 Å². The number of alkyl halides is 1. The molecule has 1 aromatic carbocycles. The summed E-state index contributed by atoms with van der Waals surface area (Å²) in [6, 6.07) is 6.10. The van der Waals surface area contributed by atoms with Crippen LogP contribution in [-0.4, -0.2) is 6.79 Å². The van der Waals surface area contributed by atoms with Gasteiger partial charge in [-0.1, -0.05) is 28.7 Å². The molecule has 0 saturated carbocycles. The summed E-state index contributed by atoms with van der Waals surface area (Å²) in [4.78, 5) is 0. The lowest BCUT2D eigenvalue weighted by Gasteiger charge is -2.16. The molecule has 1 heterocycles. The zero-order valence-corrected chi connectivity index (χ0v) is 9.79. The van der Waals surface area contributed by atoms with E-state index in [1.165, 1.54) is 5.56 Å². The Labute approximate surface area is 91.4 Å². The Morgan fingerprint density at radius 1 is 1.23 bits per heavy atom. The molecule has 0 aromatic heterocycles. The van der Waals surface area contributed by atoms with Gasteiger partial charge in [-0.15, -0.1) is 0 Å². The quantitative estimate of drug-likeness (QED) is 0.584. The normalized spacial score (nSPS) is 14.7. The number of rotatable bonds is 1. The lowest BCUT2D eigenvalue weighted by Crippen LogP contribution is -2.05. The molecule has 0 aliphatic carbocycles. The van der Waals surface area contributed by atoms with Gasteiger partial charge in [0, 0.05) is 3.42 Å². The van der Waals surface area contributed by atoms with Gasteiger partial charge in [-0.05, 0) is 31.5 Å². The van der Waals surface area contributed by atoms with Gasteiger partial charge < -0.3 is 9.47 Å². The summed E-state index contributed by atoms with van der Waals surface area (Å²) in [5, 5.41) is 0. The van der Waals surface area contributed by atoms with Crippen LogP contribution in [0.3, 0.4) is 0 Å². The highest BCUT2D eigenvalue weighted by Gasteiger charge is 2.20. The van der Waals surface area contributed by atoms with Gasteiger partial charge in [0.15, 0.2) is 11.5 Å². The maximum atomic E-state index is 5.31. The van der Waals surface area contributed by atoms with E-state index in [1.807, 2.05) is 6.07 Å². The van der Waals surface area contributed by atoms with Crippen molar-refractivity contribution in [2.24, 2.45) is 0 Å². The minimum atomic E-state index is 0.138. The van der Waals surface area contributed by atoms with Gasteiger partial charge in [0.05, 0.1) is 0 Å². The Bertz CT molecular complexity index is 328. The monoisotopic (exact) mass is 290 g/mol. The molecule has 2 nitrogen and oxygen atoms in total. The highest BCUT2D eigenvalue weighted by atomic mass is 127. The van der Waals surface area contributed by atoms with E-state index in [-0.39, 0.29) is 3.42 Å². The Hall–Kier alpha value is -0.450. The maximum absolute atomic E-state index is 5.31. The summed E-state index contributed by atoms with van der Waals surface area (Å²) in [5.74, 6) is 1.71. The Kier molecular flexibility index (Phi) is 2.14. The second-order valence-electron chi connectivity index (χ2n) is 3.54. The molecule has 0 bridgehead atoms. The Morgan fingerprint density at radius 2 is 1.92 bits per heavy atom. The number of hydrogen-bond acceptors (Lipinski definition) is 2. The van der Waals surface area contributed by atoms with E-state index in [4.69, 9.17) is 9.47 Å². The molecule has 3 heteroatoms. The second-order valence-corrected chi connectivity index (χ2v) is 6.24. The van der Waals surface area contributed by atoms with Crippen molar-refractivity contribution in [3.05, 3.63) is 23.8 Å².